The molecule has 1 heterocycles. The van der Waals surface area contributed by atoms with Gasteiger partial charge in [-0.15, -0.1) is 0 Å². The van der Waals surface area contributed by atoms with Crippen LogP contribution in [0.15, 0.2) is 71.6 Å². The van der Waals surface area contributed by atoms with Crippen LogP contribution in [0, 0.1) is 13.8 Å². The SMILES string of the molecule is CCN(c1ccccc1)S(=O)(=O)c1ccc(C(=O)Nc2nc3c(C)c(C)ccc3s2)cc1. The van der Waals surface area contributed by atoms with Crippen molar-refractivity contribution in [3.8, 4) is 0 Å². The van der Waals surface area contributed by atoms with Crippen LogP contribution in [0.2, 0.25) is 0 Å². The zero-order valence-electron chi connectivity index (χ0n) is 18.0. The molecule has 0 aliphatic carbocycles. The second kappa shape index (κ2) is 8.72. The van der Waals surface area contributed by atoms with Gasteiger partial charge < -0.3 is 0 Å². The van der Waals surface area contributed by atoms with Crippen LogP contribution in [0.1, 0.15) is 28.4 Å². The Labute approximate surface area is 191 Å². The fraction of sp³-hybridized carbons (Fsp3) is 0.167. The second-order valence-corrected chi connectivity index (χ2v) is 10.3. The van der Waals surface area contributed by atoms with E-state index in [1.165, 1.54) is 39.9 Å². The van der Waals surface area contributed by atoms with Crippen molar-refractivity contribution >= 4 is 48.3 Å². The van der Waals surface area contributed by atoms with Crippen molar-refractivity contribution in [2.75, 3.05) is 16.2 Å². The van der Waals surface area contributed by atoms with E-state index in [1.807, 2.05) is 32.0 Å². The molecule has 4 aromatic rings. The number of aryl methyl sites for hydroxylation is 2. The number of thiazole rings is 1. The third-order valence-corrected chi connectivity index (χ3v) is 8.19. The van der Waals surface area contributed by atoms with Gasteiger partial charge in [0.2, 0.25) is 0 Å². The number of carbonyl (C=O) groups excluding carboxylic acids is 1. The summed E-state index contributed by atoms with van der Waals surface area (Å²) in [5.41, 5.74) is 4.08. The van der Waals surface area contributed by atoms with Crippen LogP contribution in [0.25, 0.3) is 10.2 Å². The van der Waals surface area contributed by atoms with Crippen LogP contribution in [0.3, 0.4) is 0 Å². The minimum atomic E-state index is -3.74. The third kappa shape index (κ3) is 4.11. The van der Waals surface area contributed by atoms with Crippen LogP contribution in [-0.2, 0) is 10.0 Å². The fourth-order valence-corrected chi connectivity index (χ4v) is 5.83. The van der Waals surface area contributed by atoms with E-state index in [1.54, 1.807) is 31.2 Å². The Morgan fingerprint density at radius 1 is 1.00 bits per heavy atom. The summed E-state index contributed by atoms with van der Waals surface area (Å²) in [5, 5.41) is 3.33. The average Bonchev–Trinajstić information content (AvgIpc) is 3.21. The van der Waals surface area contributed by atoms with E-state index in [0.717, 1.165) is 21.3 Å². The third-order valence-electron chi connectivity index (χ3n) is 5.34. The first kappa shape index (κ1) is 22.0. The predicted molar refractivity (Wildman–Crippen MR) is 130 cm³/mol. The lowest BCUT2D eigenvalue weighted by molar-refractivity contribution is 0.102. The first-order valence-electron chi connectivity index (χ1n) is 10.2. The monoisotopic (exact) mass is 465 g/mol. The number of carbonyl (C=O) groups is 1. The molecule has 1 N–H and O–H groups in total. The van der Waals surface area contributed by atoms with Crippen molar-refractivity contribution in [2.24, 2.45) is 0 Å². The number of rotatable bonds is 6. The molecule has 0 aliphatic rings. The molecule has 8 heteroatoms. The predicted octanol–water partition coefficient (Wildman–Crippen LogP) is 5.38. The lowest BCUT2D eigenvalue weighted by Crippen LogP contribution is -2.30. The van der Waals surface area contributed by atoms with E-state index in [2.05, 4.69) is 10.3 Å². The minimum Gasteiger partial charge on any atom is -0.298 e. The molecule has 32 heavy (non-hydrogen) atoms. The van der Waals surface area contributed by atoms with Crippen molar-refractivity contribution in [3.63, 3.8) is 0 Å². The maximum atomic E-state index is 13.1. The summed E-state index contributed by atoms with van der Waals surface area (Å²) in [5.74, 6) is -0.335. The molecule has 6 nitrogen and oxygen atoms in total. The van der Waals surface area contributed by atoms with Gasteiger partial charge in [0.1, 0.15) is 0 Å². The first-order valence-corrected chi connectivity index (χ1v) is 12.4. The van der Waals surface area contributed by atoms with Gasteiger partial charge in [0.05, 0.1) is 20.8 Å². The Kier molecular flexibility index (Phi) is 5.99. The molecule has 0 radical (unpaired) electrons. The van der Waals surface area contributed by atoms with Crippen LogP contribution in [0.5, 0.6) is 0 Å². The van der Waals surface area contributed by atoms with Gasteiger partial charge >= 0.3 is 0 Å². The molecule has 3 aromatic carbocycles. The molecule has 0 aliphatic heterocycles. The van der Waals surface area contributed by atoms with E-state index in [0.29, 0.717) is 22.9 Å². The number of para-hydroxylation sites is 1. The molecule has 0 atom stereocenters. The second-order valence-electron chi connectivity index (χ2n) is 7.36. The smallest absolute Gasteiger partial charge is 0.264 e. The Morgan fingerprint density at radius 2 is 1.69 bits per heavy atom. The van der Waals surface area contributed by atoms with E-state index in [-0.39, 0.29) is 10.8 Å². The minimum absolute atomic E-state index is 0.130. The van der Waals surface area contributed by atoms with E-state index in [4.69, 9.17) is 0 Å². The van der Waals surface area contributed by atoms with Gasteiger partial charge in [0.25, 0.3) is 15.9 Å². The number of benzene rings is 3. The molecule has 4 rings (SSSR count). The number of nitrogens with one attached hydrogen (secondary N) is 1. The highest BCUT2D eigenvalue weighted by Crippen LogP contribution is 2.30. The molecule has 0 saturated carbocycles. The summed E-state index contributed by atoms with van der Waals surface area (Å²) in [6, 6.07) is 18.9. The topological polar surface area (TPSA) is 79.4 Å². The average molecular weight is 466 g/mol. The van der Waals surface area contributed by atoms with Gasteiger partial charge in [-0.05, 0) is 74.4 Å². The summed E-state index contributed by atoms with van der Waals surface area (Å²) in [4.78, 5) is 17.4. The van der Waals surface area contributed by atoms with Crippen LogP contribution in [-0.4, -0.2) is 25.9 Å². The Balaban J connectivity index is 1.55. The Hall–Kier alpha value is -3.23. The van der Waals surface area contributed by atoms with E-state index < -0.39 is 10.0 Å². The van der Waals surface area contributed by atoms with Gasteiger partial charge in [-0.2, -0.15) is 0 Å². The van der Waals surface area contributed by atoms with Crippen molar-refractivity contribution in [1.82, 2.24) is 4.98 Å². The molecular weight excluding hydrogens is 442 g/mol. The largest absolute Gasteiger partial charge is 0.298 e. The van der Waals surface area contributed by atoms with Crippen LogP contribution >= 0.6 is 11.3 Å². The Morgan fingerprint density at radius 3 is 2.34 bits per heavy atom. The lowest BCUT2D eigenvalue weighted by Gasteiger charge is -2.22. The van der Waals surface area contributed by atoms with Crippen molar-refractivity contribution in [1.29, 1.82) is 0 Å². The quantitative estimate of drug-likeness (QED) is 0.415. The number of sulfonamides is 1. The normalized spacial score (nSPS) is 11.5. The molecule has 1 aromatic heterocycles. The van der Waals surface area contributed by atoms with Crippen LogP contribution < -0.4 is 9.62 Å². The highest BCUT2D eigenvalue weighted by molar-refractivity contribution is 7.92. The molecular formula is C24H23N3O3S2. The molecule has 0 fully saturated rings. The summed E-state index contributed by atoms with van der Waals surface area (Å²) >= 11 is 1.41. The number of fused-ring (bicyclic) bond motifs is 1. The zero-order valence-corrected chi connectivity index (χ0v) is 19.6. The van der Waals surface area contributed by atoms with Crippen molar-refractivity contribution in [2.45, 2.75) is 25.7 Å². The van der Waals surface area contributed by atoms with Gasteiger partial charge in [0.15, 0.2) is 5.13 Å². The van der Waals surface area contributed by atoms with Crippen molar-refractivity contribution in [3.05, 3.63) is 83.4 Å². The molecule has 0 saturated heterocycles. The summed E-state index contributed by atoms with van der Waals surface area (Å²) in [7, 11) is -3.74. The van der Waals surface area contributed by atoms with Crippen molar-refractivity contribution < 1.29 is 13.2 Å². The standard InChI is InChI=1S/C24H23N3O3S2/c1-4-27(19-8-6-5-7-9-19)32(29,30)20-13-11-18(12-14-20)23(28)26-24-25-22-17(3)16(2)10-15-21(22)31-24/h5-15H,4H2,1-3H3,(H,25,26,28). The summed E-state index contributed by atoms with van der Waals surface area (Å²) < 4.78 is 28.6. The highest BCUT2D eigenvalue weighted by Gasteiger charge is 2.23. The fourth-order valence-electron chi connectivity index (χ4n) is 3.44. The molecule has 0 bridgehead atoms. The van der Waals surface area contributed by atoms with E-state index in [9.17, 15) is 13.2 Å². The molecule has 1 amide bonds. The Bertz CT molecular complexity index is 1380. The van der Waals surface area contributed by atoms with E-state index >= 15 is 0 Å². The van der Waals surface area contributed by atoms with Gasteiger partial charge in [-0.3, -0.25) is 14.4 Å². The maximum absolute atomic E-state index is 13.1. The highest BCUT2D eigenvalue weighted by atomic mass is 32.2. The van der Waals surface area contributed by atoms with Gasteiger partial charge in [-0.25, -0.2) is 13.4 Å². The summed E-state index contributed by atoms with van der Waals surface area (Å²) in [6.45, 7) is 6.12. The number of nitrogens with zero attached hydrogens (tertiary/aromatic N) is 2. The molecule has 164 valence electrons. The molecule has 0 unspecified atom stereocenters. The number of hydrogen-bond donors (Lipinski definition) is 1. The van der Waals surface area contributed by atoms with Crippen LogP contribution in [0.4, 0.5) is 10.8 Å². The first-order chi connectivity index (χ1) is 15.3. The van der Waals surface area contributed by atoms with Gasteiger partial charge in [0, 0.05) is 12.1 Å². The number of amides is 1. The zero-order chi connectivity index (χ0) is 22.9. The number of aromatic nitrogens is 1. The lowest BCUT2D eigenvalue weighted by atomic mass is 10.1. The van der Waals surface area contributed by atoms with Gasteiger partial charge in [-0.1, -0.05) is 35.6 Å². The molecule has 0 spiro atoms. The summed E-state index contributed by atoms with van der Waals surface area (Å²) in [6.07, 6.45) is 0. The number of hydrogen-bond acceptors (Lipinski definition) is 5. The number of anilines is 2. The maximum Gasteiger partial charge on any atom is 0.264 e.